The molecule has 3 aliphatic rings. The van der Waals surface area contributed by atoms with Crippen LogP contribution in [0.25, 0.3) is 0 Å². The first kappa shape index (κ1) is 16.9. The zero-order valence-corrected chi connectivity index (χ0v) is 14.7. The van der Waals surface area contributed by atoms with Crippen LogP contribution >= 0.6 is 0 Å². The molecule has 3 atom stereocenters. The van der Waals surface area contributed by atoms with E-state index in [4.69, 9.17) is 17.3 Å². The van der Waals surface area contributed by atoms with Gasteiger partial charge in [-0.25, -0.2) is 0 Å². The predicted octanol–water partition coefficient (Wildman–Crippen LogP) is 1.41. The van der Waals surface area contributed by atoms with Crippen LogP contribution < -0.4 is 10.1 Å². The Labute approximate surface area is 150 Å². The Hall–Kier alpha value is -1.53. The van der Waals surface area contributed by atoms with E-state index >= 15 is 0 Å². The van der Waals surface area contributed by atoms with Gasteiger partial charge in [-0.3, -0.25) is 4.79 Å². The molecule has 0 spiro atoms. The molecule has 1 N–H and O–H groups in total. The Morgan fingerprint density at radius 3 is 2.88 bits per heavy atom. The lowest BCUT2D eigenvalue weighted by molar-refractivity contribution is -0.143. The quantitative estimate of drug-likeness (QED) is 0.824. The number of rotatable bonds is 5. The molecule has 2 saturated heterocycles. The molecule has 2 radical (unpaired) electrons. The number of nitrogens with zero attached hydrogens (tertiary/aromatic N) is 1. The standard InChI is InChI=1S/C19H25BN2O3/c1-12-6-13(16-8-17(16)20)2-3-18(12)25-15-10-22(11-15)19(23)7-14-9-21-4-5-24-14/h2-3,6,14-17,21H,4-5,7-11H2,1H3. The van der Waals surface area contributed by atoms with E-state index in [0.717, 1.165) is 30.8 Å². The third kappa shape index (κ3) is 3.85. The number of carbonyl (C=O) groups is 1. The van der Waals surface area contributed by atoms with Crippen LogP contribution in [0, 0.1) is 6.92 Å². The van der Waals surface area contributed by atoms with Crippen molar-refractivity contribution in [1.82, 2.24) is 10.2 Å². The second-order valence-electron chi connectivity index (χ2n) is 7.47. The Kier molecular flexibility index (Phi) is 4.74. The van der Waals surface area contributed by atoms with Gasteiger partial charge >= 0.3 is 0 Å². The Bertz CT molecular complexity index is 642. The predicted molar refractivity (Wildman–Crippen MR) is 96.3 cm³/mol. The number of aryl methyl sites for hydroxylation is 1. The molecule has 3 unspecified atom stereocenters. The molecule has 1 saturated carbocycles. The highest BCUT2D eigenvalue weighted by Crippen LogP contribution is 2.50. The number of benzene rings is 1. The lowest BCUT2D eigenvalue weighted by Gasteiger charge is -2.40. The number of carbonyl (C=O) groups excluding carboxylic acids is 1. The fourth-order valence-corrected chi connectivity index (χ4v) is 3.60. The molecule has 0 bridgehead atoms. The van der Waals surface area contributed by atoms with Crippen molar-refractivity contribution < 1.29 is 14.3 Å². The highest BCUT2D eigenvalue weighted by atomic mass is 16.5. The molecule has 1 aromatic rings. The second-order valence-corrected chi connectivity index (χ2v) is 7.47. The fourth-order valence-electron chi connectivity index (χ4n) is 3.60. The smallest absolute Gasteiger partial charge is 0.225 e. The molecule has 4 rings (SSSR count). The summed E-state index contributed by atoms with van der Waals surface area (Å²) in [5, 5.41) is 3.25. The van der Waals surface area contributed by atoms with Crippen LogP contribution in [0.5, 0.6) is 5.75 Å². The summed E-state index contributed by atoms with van der Waals surface area (Å²) < 4.78 is 11.7. The molecule has 2 heterocycles. The van der Waals surface area contributed by atoms with Crippen molar-refractivity contribution in [2.75, 3.05) is 32.8 Å². The molecule has 3 fully saturated rings. The maximum absolute atomic E-state index is 12.3. The van der Waals surface area contributed by atoms with E-state index in [1.54, 1.807) is 0 Å². The third-order valence-electron chi connectivity index (χ3n) is 5.37. The molecule has 1 amide bonds. The van der Waals surface area contributed by atoms with Crippen molar-refractivity contribution in [3.63, 3.8) is 0 Å². The van der Waals surface area contributed by atoms with Gasteiger partial charge in [0.05, 0.1) is 40.1 Å². The van der Waals surface area contributed by atoms with Gasteiger partial charge in [0.1, 0.15) is 11.9 Å². The monoisotopic (exact) mass is 340 g/mol. The van der Waals surface area contributed by atoms with Gasteiger partial charge in [-0.1, -0.05) is 24.4 Å². The summed E-state index contributed by atoms with van der Waals surface area (Å²) in [6.07, 6.45) is 1.63. The van der Waals surface area contributed by atoms with Gasteiger partial charge in [0.15, 0.2) is 0 Å². The van der Waals surface area contributed by atoms with Crippen LogP contribution in [0.3, 0.4) is 0 Å². The van der Waals surface area contributed by atoms with Crippen LogP contribution in [0.4, 0.5) is 0 Å². The van der Waals surface area contributed by atoms with E-state index in [-0.39, 0.29) is 18.1 Å². The number of hydrogen-bond donors (Lipinski definition) is 1. The molecule has 0 aromatic heterocycles. The Balaban J connectivity index is 1.24. The maximum Gasteiger partial charge on any atom is 0.225 e. The number of amides is 1. The summed E-state index contributed by atoms with van der Waals surface area (Å²) in [5.41, 5.74) is 2.45. The first-order valence-electron chi connectivity index (χ1n) is 9.23. The average molecular weight is 340 g/mol. The van der Waals surface area contributed by atoms with Crippen molar-refractivity contribution in [3.05, 3.63) is 29.3 Å². The number of hydrogen-bond acceptors (Lipinski definition) is 4. The summed E-state index contributed by atoms with van der Waals surface area (Å²) >= 11 is 0. The molecular weight excluding hydrogens is 315 g/mol. The Morgan fingerprint density at radius 2 is 2.24 bits per heavy atom. The molecule has 5 nitrogen and oxygen atoms in total. The summed E-state index contributed by atoms with van der Waals surface area (Å²) in [4.78, 5) is 14.1. The zero-order chi connectivity index (χ0) is 17.4. The van der Waals surface area contributed by atoms with Crippen molar-refractivity contribution in [2.45, 2.75) is 43.7 Å². The van der Waals surface area contributed by atoms with Gasteiger partial charge < -0.3 is 19.7 Å². The van der Waals surface area contributed by atoms with Crippen molar-refractivity contribution in [1.29, 1.82) is 0 Å². The summed E-state index contributed by atoms with van der Waals surface area (Å²) in [6, 6.07) is 6.35. The number of nitrogens with one attached hydrogen (secondary N) is 1. The minimum absolute atomic E-state index is 0.00445. The van der Waals surface area contributed by atoms with Gasteiger partial charge in [0.25, 0.3) is 0 Å². The lowest BCUT2D eigenvalue weighted by atomic mass is 9.96. The van der Waals surface area contributed by atoms with Gasteiger partial charge in [-0.2, -0.15) is 0 Å². The number of likely N-dealkylation sites (tertiary alicyclic amines) is 1. The van der Waals surface area contributed by atoms with E-state index in [0.29, 0.717) is 37.9 Å². The van der Waals surface area contributed by atoms with Crippen molar-refractivity contribution >= 4 is 13.8 Å². The van der Waals surface area contributed by atoms with Crippen molar-refractivity contribution in [2.24, 2.45) is 0 Å². The SMILES string of the molecule is [B]C1CC1c1ccc(OC2CN(C(=O)CC3CNCCO3)C2)c(C)c1. The van der Waals surface area contributed by atoms with E-state index in [9.17, 15) is 4.79 Å². The molecule has 6 heteroatoms. The molecule has 25 heavy (non-hydrogen) atoms. The van der Waals surface area contributed by atoms with Crippen LogP contribution in [0.2, 0.25) is 5.82 Å². The minimum Gasteiger partial charge on any atom is -0.486 e. The average Bonchev–Trinajstić information content (AvgIpc) is 3.29. The fraction of sp³-hybridized carbons (Fsp3) is 0.632. The van der Waals surface area contributed by atoms with Crippen LogP contribution in [0.1, 0.15) is 29.9 Å². The van der Waals surface area contributed by atoms with E-state index < -0.39 is 0 Å². The molecule has 2 aliphatic heterocycles. The Morgan fingerprint density at radius 1 is 1.44 bits per heavy atom. The summed E-state index contributed by atoms with van der Waals surface area (Å²) in [6.45, 7) is 5.71. The zero-order valence-electron chi connectivity index (χ0n) is 14.7. The number of ether oxygens (including phenoxy) is 2. The van der Waals surface area contributed by atoms with Crippen LogP contribution in [0.15, 0.2) is 18.2 Å². The van der Waals surface area contributed by atoms with Gasteiger partial charge in [0, 0.05) is 13.1 Å². The normalized spacial score (nSPS) is 29.2. The van der Waals surface area contributed by atoms with Crippen LogP contribution in [-0.4, -0.2) is 63.6 Å². The largest absolute Gasteiger partial charge is 0.486 e. The first-order valence-corrected chi connectivity index (χ1v) is 9.23. The maximum atomic E-state index is 12.3. The summed E-state index contributed by atoms with van der Waals surface area (Å²) in [5.74, 6) is 1.90. The number of morpholine rings is 1. The molecular formula is C19H25BN2O3. The minimum atomic E-state index is 0.00445. The summed E-state index contributed by atoms with van der Waals surface area (Å²) in [7, 11) is 5.93. The highest BCUT2D eigenvalue weighted by Gasteiger charge is 2.35. The molecule has 1 aliphatic carbocycles. The van der Waals surface area contributed by atoms with Gasteiger partial charge in [-0.05, 0) is 30.0 Å². The van der Waals surface area contributed by atoms with Gasteiger partial charge in [-0.15, -0.1) is 0 Å². The van der Waals surface area contributed by atoms with Crippen molar-refractivity contribution in [3.8, 4) is 5.75 Å². The topological polar surface area (TPSA) is 50.8 Å². The highest BCUT2D eigenvalue weighted by molar-refractivity contribution is 6.14. The first-order chi connectivity index (χ1) is 12.1. The van der Waals surface area contributed by atoms with E-state index in [1.165, 1.54) is 5.56 Å². The third-order valence-corrected chi connectivity index (χ3v) is 5.37. The second kappa shape index (κ2) is 7.00. The van der Waals surface area contributed by atoms with E-state index in [2.05, 4.69) is 24.4 Å². The lowest BCUT2D eigenvalue weighted by Crippen LogP contribution is -2.57. The molecule has 1 aromatic carbocycles. The van der Waals surface area contributed by atoms with Crippen LogP contribution in [-0.2, 0) is 9.53 Å². The molecule has 132 valence electrons. The van der Waals surface area contributed by atoms with Gasteiger partial charge in [0.2, 0.25) is 5.91 Å². The van der Waals surface area contributed by atoms with E-state index in [1.807, 2.05) is 11.0 Å².